The van der Waals surface area contributed by atoms with Gasteiger partial charge in [0.05, 0.1) is 5.69 Å². The zero-order chi connectivity index (χ0) is 13.7. The number of carbonyl (C=O) groups excluding carboxylic acids is 1. The topological polar surface area (TPSA) is 38.3 Å². The van der Waals surface area contributed by atoms with Crippen molar-refractivity contribution in [2.24, 2.45) is 0 Å². The van der Waals surface area contributed by atoms with E-state index in [1.54, 1.807) is 0 Å². The number of ether oxygens (including phenoxy) is 1. The second-order valence-electron chi connectivity index (χ2n) is 4.12. The van der Waals surface area contributed by atoms with E-state index in [0.717, 1.165) is 20.4 Å². The van der Waals surface area contributed by atoms with Crippen LogP contribution in [0.25, 0.3) is 0 Å². The molecular formula is C15H14INO2. The summed E-state index contributed by atoms with van der Waals surface area (Å²) in [6.07, 6.45) is -0.438. The van der Waals surface area contributed by atoms with Crippen LogP contribution in [-0.4, -0.2) is 6.09 Å². The van der Waals surface area contributed by atoms with Crippen molar-refractivity contribution in [3.63, 3.8) is 0 Å². The van der Waals surface area contributed by atoms with Gasteiger partial charge in [-0.15, -0.1) is 0 Å². The molecule has 0 radical (unpaired) electrons. The Labute approximate surface area is 126 Å². The average Bonchev–Trinajstić information content (AvgIpc) is 2.43. The van der Waals surface area contributed by atoms with Crippen LogP contribution in [0.4, 0.5) is 10.5 Å². The van der Waals surface area contributed by atoms with Crippen LogP contribution in [0.3, 0.4) is 0 Å². The highest BCUT2D eigenvalue weighted by molar-refractivity contribution is 14.1. The lowest BCUT2D eigenvalue weighted by molar-refractivity contribution is 0.155. The molecule has 1 N–H and O–H groups in total. The lowest BCUT2D eigenvalue weighted by atomic mass is 10.2. The molecule has 0 fully saturated rings. The van der Waals surface area contributed by atoms with Crippen molar-refractivity contribution in [2.45, 2.75) is 13.5 Å². The summed E-state index contributed by atoms with van der Waals surface area (Å²) in [7, 11) is 0. The maximum Gasteiger partial charge on any atom is 0.411 e. The van der Waals surface area contributed by atoms with E-state index in [1.807, 2.05) is 55.5 Å². The lowest BCUT2D eigenvalue weighted by Crippen LogP contribution is -2.14. The summed E-state index contributed by atoms with van der Waals surface area (Å²) in [5.41, 5.74) is 2.87. The molecule has 2 aromatic carbocycles. The number of nitrogens with one attached hydrogen (secondary N) is 1. The molecule has 0 aliphatic carbocycles. The van der Waals surface area contributed by atoms with Gasteiger partial charge in [0.25, 0.3) is 0 Å². The van der Waals surface area contributed by atoms with E-state index < -0.39 is 6.09 Å². The van der Waals surface area contributed by atoms with Gasteiger partial charge in [-0.1, -0.05) is 42.5 Å². The maximum atomic E-state index is 11.7. The van der Waals surface area contributed by atoms with Gasteiger partial charge in [-0.05, 0) is 46.7 Å². The van der Waals surface area contributed by atoms with Gasteiger partial charge in [-0.2, -0.15) is 0 Å². The number of hydrogen-bond acceptors (Lipinski definition) is 2. The van der Waals surface area contributed by atoms with Crippen molar-refractivity contribution < 1.29 is 9.53 Å². The van der Waals surface area contributed by atoms with Gasteiger partial charge >= 0.3 is 6.09 Å². The first kappa shape index (κ1) is 13.9. The zero-order valence-corrected chi connectivity index (χ0v) is 12.7. The Morgan fingerprint density at radius 3 is 2.63 bits per heavy atom. The molecule has 0 saturated heterocycles. The number of amides is 1. The SMILES string of the molecule is Cc1cccc(NC(=O)OCc2ccccc2)c1I. The summed E-state index contributed by atoms with van der Waals surface area (Å²) in [5.74, 6) is 0. The Bertz CT molecular complexity index is 570. The number of carbonyl (C=O) groups is 1. The summed E-state index contributed by atoms with van der Waals surface area (Å²) < 4.78 is 6.20. The van der Waals surface area contributed by atoms with Crippen molar-refractivity contribution >= 4 is 34.4 Å². The maximum absolute atomic E-state index is 11.7. The van der Waals surface area contributed by atoms with E-state index in [-0.39, 0.29) is 6.61 Å². The van der Waals surface area contributed by atoms with Gasteiger partial charge < -0.3 is 4.74 Å². The molecular weight excluding hydrogens is 353 g/mol. The van der Waals surface area contributed by atoms with Crippen LogP contribution in [0.2, 0.25) is 0 Å². The smallest absolute Gasteiger partial charge is 0.411 e. The quantitative estimate of drug-likeness (QED) is 0.820. The molecule has 19 heavy (non-hydrogen) atoms. The van der Waals surface area contributed by atoms with E-state index in [4.69, 9.17) is 4.74 Å². The van der Waals surface area contributed by atoms with E-state index in [9.17, 15) is 4.79 Å². The molecule has 0 saturated carbocycles. The first-order valence-electron chi connectivity index (χ1n) is 5.89. The standard InChI is InChI=1S/C15H14INO2/c1-11-6-5-9-13(14(11)16)17-15(18)19-10-12-7-3-2-4-8-12/h2-9H,10H2,1H3,(H,17,18). The summed E-state index contributed by atoms with van der Waals surface area (Å²) >= 11 is 2.21. The Morgan fingerprint density at radius 2 is 1.89 bits per heavy atom. The number of rotatable bonds is 3. The number of anilines is 1. The highest BCUT2D eigenvalue weighted by atomic mass is 127. The van der Waals surface area contributed by atoms with Crippen LogP contribution in [0, 0.1) is 10.5 Å². The van der Waals surface area contributed by atoms with Gasteiger partial charge in [-0.25, -0.2) is 4.79 Å². The molecule has 2 aromatic rings. The van der Waals surface area contributed by atoms with Gasteiger partial charge in [-0.3, -0.25) is 5.32 Å². The summed E-state index contributed by atoms with van der Waals surface area (Å²) in [6, 6.07) is 15.4. The minimum absolute atomic E-state index is 0.273. The molecule has 1 amide bonds. The number of benzene rings is 2. The highest BCUT2D eigenvalue weighted by Gasteiger charge is 2.07. The van der Waals surface area contributed by atoms with E-state index in [1.165, 1.54) is 0 Å². The van der Waals surface area contributed by atoms with E-state index in [2.05, 4.69) is 27.9 Å². The molecule has 2 rings (SSSR count). The molecule has 4 heteroatoms. The monoisotopic (exact) mass is 367 g/mol. The Kier molecular flexibility index (Phi) is 4.79. The van der Waals surface area contributed by atoms with Gasteiger partial charge in [0.1, 0.15) is 6.61 Å². The summed E-state index contributed by atoms with van der Waals surface area (Å²) in [6.45, 7) is 2.28. The van der Waals surface area contributed by atoms with Gasteiger partial charge in [0.15, 0.2) is 0 Å². The number of aryl methyl sites for hydroxylation is 1. The molecule has 0 unspecified atom stereocenters. The fourth-order valence-electron chi connectivity index (χ4n) is 1.61. The van der Waals surface area contributed by atoms with Crippen molar-refractivity contribution in [1.29, 1.82) is 0 Å². The fraction of sp³-hybridized carbons (Fsp3) is 0.133. The molecule has 0 spiro atoms. The van der Waals surface area contributed by atoms with Gasteiger partial charge in [0, 0.05) is 3.57 Å². The third-order valence-electron chi connectivity index (χ3n) is 2.64. The molecule has 0 bridgehead atoms. The van der Waals surface area contributed by atoms with E-state index >= 15 is 0 Å². The molecule has 0 aliphatic heterocycles. The first-order valence-corrected chi connectivity index (χ1v) is 6.97. The van der Waals surface area contributed by atoms with Crippen LogP contribution < -0.4 is 5.32 Å². The van der Waals surface area contributed by atoms with Crippen molar-refractivity contribution in [3.05, 3.63) is 63.2 Å². The third kappa shape index (κ3) is 3.96. The summed E-state index contributed by atoms with van der Waals surface area (Å²) in [5, 5.41) is 2.75. The minimum atomic E-state index is -0.438. The van der Waals surface area contributed by atoms with Crippen LogP contribution >= 0.6 is 22.6 Å². The Hall–Kier alpha value is -1.56. The molecule has 0 aromatic heterocycles. The van der Waals surface area contributed by atoms with Crippen LogP contribution in [0.5, 0.6) is 0 Å². The number of hydrogen-bond donors (Lipinski definition) is 1. The molecule has 98 valence electrons. The predicted molar refractivity (Wildman–Crippen MR) is 84.1 cm³/mol. The van der Waals surface area contributed by atoms with Crippen LogP contribution in [0.15, 0.2) is 48.5 Å². The van der Waals surface area contributed by atoms with Gasteiger partial charge in [0.2, 0.25) is 0 Å². The first-order chi connectivity index (χ1) is 9.16. The second-order valence-corrected chi connectivity index (χ2v) is 5.20. The average molecular weight is 367 g/mol. The largest absolute Gasteiger partial charge is 0.444 e. The van der Waals surface area contributed by atoms with Crippen LogP contribution in [0.1, 0.15) is 11.1 Å². The third-order valence-corrected chi connectivity index (χ3v) is 4.07. The van der Waals surface area contributed by atoms with Crippen molar-refractivity contribution in [3.8, 4) is 0 Å². The Morgan fingerprint density at radius 1 is 1.16 bits per heavy atom. The predicted octanol–water partition coefficient (Wildman–Crippen LogP) is 4.35. The van der Waals surface area contributed by atoms with Crippen LogP contribution in [-0.2, 0) is 11.3 Å². The minimum Gasteiger partial charge on any atom is -0.444 e. The summed E-state index contributed by atoms with van der Waals surface area (Å²) in [4.78, 5) is 11.7. The molecule has 0 atom stereocenters. The molecule has 0 aliphatic rings. The normalized spacial score (nSPS) is 10.0. The van der Waals surface area contributed by atoms with Crippen molar-refractivity contribution in [1.82, 2.24) is 0 Å². The zero-order valence-electron chi connectivity index (χ0n) is 10.5. The highest BCUT2D eigenvalue weighted by Crippen LogP contribution is 2.21. The van der Waals surface area contributed by atoms with E-state index in [0.29, 0.717) is 0 Å². The molecule has 3 nitrogen and oxygen atoms in total. The lowest BCUT2D eigenvalue weighted by Gasteiger charge is -2.09. The fourth-order valence-corrected chi connectivity index (χ4v) is 2.11. The molecule has 0 heterocycles. The number of halogens is 1. The van der Waals surface area contributed by atoms with Crippen molar-refractivity contribution in [2.75, 3.05) is 5.32 Å². The second kappa shape index (κ2) is 6.56. The Balaban J connectivity index is 1.93.